The molecule has 1 aliphatic heterocycles. The number of non-ortho nitro benzene ring substituents is 1. The number of benzene rings is 1. The van der Waals surface area contributed by atoms with Crippen molar-refractivity contribution in [2.24, 2.45) is 0 Å². The molecular weight excluding hydrogens is 400 g/mol. The number of rotatable bonds is 8. The molecule has 1 saturated heterocycles. The minimum Gasteiger partial charge on any atom is -0.378 e. The minimum absolute atomic E-state index is 0.0319. The van der Waals surface area contributed by atoms with Crippen molar-refractivity contribution in [1.82, 2.24) is 14.7 Å². The number of sulfonamides is 1. The Morgan fingerprint density at radius 2 is 1.86 bits per heavy atom. The van der Waals surface area contributed by atoms with E-state index in [4.69, 9.17) is 4.74 Å². The Labute approximate surface area is 168 Å². The lowest BCUT2D eigenvalue weighted by Crippen LogP contribution is -2.37. The topological polar surface area (TPSA) is 140 Å². The van der Waals surface area contributed by atoms with Crippen LogP contribution in [0, 0.1) is 17.0 Å². The average Bonchev–Trinajstić information content (AvgIpc) is 2.71. The van der Waals surface area contributed by atoms with E-state index < -0.39 is 14.9 Å². The van der Waals surface area contributed by atoms with Gasteiger partial charge in [-0.15, -0.1) is 0 Å². The fourth-order valence-electron chi connectivity index (χ4n) is 2.80. The van der Waals surface area contributed by atoms with Crippen molar-refractivity contribution in [3.8, 4) is 0 Å². The number of aromatic nitrogens is 2. The molecule has 0 amide bonds. The van der Waals surface area contributed by atoms with Crippen LogP contribution in [-0.2, 0) is 14.8 Å². The van der Waals surface area contributed by atoms with Gasteiger partial charge in [0.05, 0.1) is 23.0 Å². The zero-order valence-electron chi connectivity index (χ0n) is 15.9. The Hall–Kier alpha value is -2.83. The van der Waals surface area contributed by atoms with E-state index in [0.29, 0.717) is 31.4 Å². The summed E-state index contributed by atoms with van der Waals surface area (Å²) in [5, 5.41) is 13.8. The van der Waals surface area contributed by atoms with Crippen molar-refractivity contribution >= 4 is 27.3 Å². The number of ether oxygens (including phenoxy) is 1. The Bertz CT molecular complexity index is 961. The number of nitro benzene ring substituents is 1. The second-order valence-corrected chi connectivity index (χ2v) is 8.10. The smallest absolute Gasteiger partial charge is 0.269 e. The van der Waals surface area contributed by atoms with Crippen molar-refractivity contribution in [2.75, 3.05) is 49.6 Å². The summed E-state index contributed by atoms with van der Waals surface area (Å²) in [4.78, 5) is 20.9. The fraction of sp³-hybridized carbons (Fsp3) is 0.412. The molecule has 12 heteroatoms. The minimum atomic E-state index is -3.76. The van der Waals surface area contributed by atoms with Crippen LogP contribution in [0.15, 0.2) is 35.2 Å². The van der Waals surface area contributed by atoms with E-state index in [1.807, 2.05) is 6.07 Å². The highest BCUT2D eigenvalue weighted by Gasteiger charge is 2.16. The van der Waals surface area contributed by atoms with Crippen LogP contribution in [0.2, 0.25) is 0 Å². The number of hydrogen-bond acceptors (Lipinski definition) is 9. The van der Waals surface area contributed by atoms with Crippen LogP contribution in [-0.4, -0.2) is 62.7 Å². The van der Waals surface area contributed by atoms with Gasteiger partial charge in [-0.25, -0.2) is 23.1 Å². The Balaban J connectivity index is 1.55. The normalized spacial score (nSPS) is 14.6. The van der Waals surface area contributed by atoms with Crippen molar-refractivity contribution in [2.45, 2.75) is 11.8 Å². The largest absolute Gasteiger partial charge is 0.378 e. The van der Waals surface area contributed by atoms with Gasteiger partial charge in [0.15, 0.2) is 0 Å². The van der Waals surface area contributed by atoms with E-state index in [9.17, 15) is 18.5 Å². The zero-order chi connectivity index (χ0) is 20.9. The average molecular weight is 422 g/mol. The molecule has 1 aliphatic rings. The highest BCUT2D eigenvalue weighted by atomic mass is 32.2. The number of morpholine rings is 1. The first-order chi connectivity index (χ1) is 13.8. The van der Waals surface area contributed by atoms with Crippen LogP contribution >= 0.6 is 0 Å². The second-order valence-electron chi connectivity index (χ2n) is 6.33. The lowest BCUT2D eigenvalue weighted by molar-refractivity contribution is -0.384. The molecule has 3 rings (SSSR count). The molecule has 0 spiro atoms. The molecule has 11 nitrogen and oxygen atoms in total. The first kappa shape index (κ1) is 20.9. The number of nitro groups is 1. The van der Waals surface area contributed by atoms with Gasteiger partial charge in [-0.05, 0) is 19.1 Å². The molecule has 2 N–H and O–H groups in total. The predicted octanol–water partition coefficient (Wildman–Crippen LogP) is 0.920. The molecule has 29 heavy (non-hydrogen) atoms. The summed E-state index contributed by atoms with van der Waals surface area (Å²) in [6, 6.07) is 6.54. The van der Waals surface area contributed by atoms with E-state index in [1.165, 1.54) is 12.1 Å². The number of aryl methyl sites for hydroxylation is 1. The van der Waals surface area contributed by atoms with E-state index in [0.717, 1.165) is 31.0 Å². The van der Waals surface area contributed by atoms with E-state index in [-0.39, 0.29) is 17.1 Å². The van der Waals surface area contributed by atoms with E-state index in [2.05, 4.69) is 24.9 Å². The van der Waals surface area contributed by atoms with Crippen molar-refractivity contribution < 1.29 is 18.1 Å². The highest BCUT2D eigenvalue weighted by molar-refractivity contribution is 7.89. The molecule has 1 fully saturated rings. The molecule has 0 saturated carbocycles. The Kier molecular flexibility index (Phi) is 6.56. The van der Waals surface area contributed by atoms with Crippen molar-refractivity contribution in [3.05, 3.63) is 46.3 Å². The molecule has 1 aromatic carbocycles. The molecule has 0 bridgehead atoms. The zero-order valence-corrected chi connectivity index (χ0v) is 16.7. The van der Waals surface area contributed by atoms with Crippen LogP contribution < -0.4 is 14.9 Å². The van der Waals surface area contributed by atoms with Gasteiger partial charge in [-0.2, -0.15) is 0 Å². The summed E-state index contributed by atoms with van der Waals surface area (Å²) < 4.78 is 32.4. The third-order valence-corrected chi connectivity index (χ3v) is 5.72. The summed E-state index contributed by atoms with van der Waals surface area (Å²) >= 11 is 0. The summed E-state index contributed by atoms with van der Waals surface area (Å²) in [6.07, 6.45) is 0. The van der Waals surface area contributed by atoms with Gasteiger partial charge in [0.2, 0.25) is 10.0 Å². The molecule has 0 aliphatic carbocycles. The molecule has 1 aromatic heterocycles. The molecule has 156 valence electrons. The molecule has 0 unspecified atom stereocenters. The maximum Gasteiger partial charge on any atom is 0.269 e. The lowest BCUT2D eigenvalue weighted by Gasteiger charge is -2.28. The van der Waals surface area contributed by atoms with Crippen LogP contribution in [0.4, 0.5) is 17.3 Å². The van der Waals surface area contributed by atoms with Crippen LogP contribution in [0.5, 0.6) is 0 Å². The quantitative estimate of drug-likeness (QED) is 0.361. The second kappa shape index (κ2) is 9.11. The van der Waals surface area contributed by atoms with Crippen molar-refractivity contribution in [3.63, 3.8) is 0 Å². The van der Waals surface area contributed by atoms with Gasteiger partial charge >= 0.3 is 0 Å². The lowest BCUT2D eigenvalue weighted by atomic mass is 10.3. The maximum absolute atomic E-state index is 12.3. The van der Waals surface area contributed by atoms with Gasteiger partial charge in [-0.3, -0.25) is 10.1 Å². The SMILES string of the molecule is Cc1nc(NCCNS(=O)(=O)c2ccc([N+](=O)[O-])cc2)cc(N2CCOCC2)n1. The number of nitrogens with zero attached hydrogens (tertiary/aromatic N) is 4. The van der Waals surface area contributed by atoms with Crippen LogP contribution in [0.3, 0.4) is 0 Å². The molecule has 0 radical (unpaired) electrons. The Morgan fingerprint density at radius 3 is 2.52 bits per heavy atom. The number of anilines is 2. The first-order valence-electron chi connectivity index (χ1n) is 9.01. The molecule has 2 aromatic rings. The summed E-state index contributed by atoms with van der Waals surface area (Å²) in [6.45, 7) is 5.04. The Morgan fingerprint density at radius 1 is 1.17 bits per heavy atom. The van der Waals surface area contributed by atoms with E-state index in [1.54, 1.807) is 6.92 Å². The van der Waals surface area contributed by atoms with Gasteiger partial charge in [-0.1, -0.05) is 0 Å². The van der Waals surface area contributed by atoms with Gasteiger partial charge in [0.1, 0.15) is 17.5 Å². The molecule has 2 heterocycles. The van der Waals surface area contributed by atoms with Gasteiger partial charge < -0.3 is 15.0 Å². The summed E-state index contributed by atoms with van der Waals surface area (Å²) in [7, 11) is -3.76. The maximum atomic E-state index is 12.3. The third-order valence-electron chi connectivity index (χ3n) is 4.24. The number of hydrogen-bond donors (Lipinski definition) is 2. The fourth-order valence-corrected chi connectivity index (χ4v) is 3.84. The molecular formula is C17H22N6O5S. The predicted molar refractivity (Wildman–Crippen MR) is 107 cm³/mol. The third kappa shape index (κ3) is 5.59. The molecule has 0 atom stereocenters. The monoisotopic (exact) mass is 422 g/mol. The van der Waals surface area contributed by atoms with Gasteiger partial charge in [0.25, 0.3) is 5.69 Å². The van der Waals surface area contributed by atoms with E-state index >= 15 is 0 Å². The standard InChI is InChI=1S/C17H22N6O5S/c1-13-20-16(12-17(21-13)22-8-10-28-11-9-22)18-6-7-19-29(26,27)15-4-2-14(3-5-15)23(24)25/h2-5,12,19H,6-11H2,1H3,(H,18,20,21). The van der Waals surface area contributed by atoms with Crippen LogP contribution in [0.25, 0.3) is 0 Å². The first-order valence-corrected chi connectivity index (χ1v) is 10.5. The number of nitrogens with one attached hydrogen (secondary N) is 2. The summed E-state index contributed by atoms with van der Waals surface area (Å²) in [5.41, 5.74) is -0.166. The van der Waals surface area contributed by atoms with Crippen LogP contribution in [0.1, 0.15) is 5.82 Å². The highest BCUT2D eigenvalue weighted by Crippen LogP contribution is 2.17. The summed E-state index contributed by atoms with van der Waals surface area (Å²) in [5.74, 6) is 2.02. The van der Waals surface area contributed by atoms with Crippen molar-refractivity contribution in [1.29, 1.82) is 0 Å². The van der Waals surface area contributed by atoms with Gasteiger partial charge in [0, 0.05) is 44.4 Å².